The molecule has 4 rings (SSSR count). The molecule has 8 heteroatoms. The van der Waals surface area contributed by atoms with Crippen molar-refractivity contribution in [3.05, 3.63) is 53.6 Å². The molecule has 1 unspecified atom stereocenters. The molecular formula is C25H32FN5O2. The molecule has 3 heterocycles. The molecule has 1 aliphatic heterocycles. The summed E-state index contributed by atoms with van der Waals surface area (Å²) < 4.78 is 14.7. The summed E-state index contributed by atoms with van der Waals surface area (Å²) in [5, 5.41) is 7.41. The summed E-state index contributed by atoms with van der Waals surface area (Å²) in [6.45, 7) is 13.1. The number of halogens is 1. The van der Waals surface area contributed by atoms with E-state index in [1.807, 2.05) is 33.9 Å². The van der Waals surface area contributed by atoms with Crippen molar-refractivity contribution in [3.8, 4) is 11.3 Å². The van der Waals surface area contributed by atoms with Crippen LogP contribution < -0.4 is 5.32 Å². The maximum atomic E-state index is 13.1. The maximum absolute atomic E-state index is 13.1. The summed E-state index contributed by atoms with van der Waals surface area (Å²) >= 11 is 0. The highest BCUT2D eigenvalue weighted by molar-refractivity contribution is 5.86. The Morgan fingerprint density at radius 1 is 1.21 bits per heavy atom. The number of nitrogens with zero attached hydrogens (tertiary/aromatic N) is 4. The zero-order valence-electron chi connectivity index (χ0n) is 20.3. The van der Waals surface area contributed by atoms with Crippen LogP contribution in [0.4, 0.5) is 4.39 Å². The fourth-order valence-corrected chi connectivity index (χ4v) is 3.62. The van der Waals surface area contributed by atoms with Crippen LogP contribution in [0.15, 0.2) is 36.5 Å². The molecule has 1 aliphatic rings. The van der Waals surface area contributed by atoms with Gasteiger partial charge in [-0.1, -0.05) is 20.8 Å². The highest BCUT2D eigenvalue weighted by Gasteiger charge is 2.37. The number of piperazine rings is 1. The van der Waals surface area contributed by atoms with E-state index in [0.717, 1.165) is 17.7 Å². The number of rotatable bonds is 2. The molecule has 0 bridgehead atoms. The first-order valence-corrected chi connectivity index (χ1v) is 11.0. The van der Waals surface area contributed by atoms with Crippen LogP contribution in [0.5, 0.6) is 0 Å². The van der Waals surface area contributed by atoms with E-state index in [-0.39, 0.29) is 28.7 Å². The molecule has 3 aromatic rings. The van der Waals surface area contributed by atoms with Gasteiger partial charge in [0.25, 0.3) is 0 Å². The predicted molar refractivity (Wildman–Crippen MR) is 127 cm³/mol. The molecule has 0 saturated carbocycles. The Labute approximate surface area is 194 Å². The van der Waals surface area contributed by atoms with E-state index < -0.39 is 0 Å². The van der Waals surface area contributed by atoms with E-state index in [9.17, 15) is 14.0 Å². The largest absolute Gasteiger partial charge is 0.351 e. The minimum Gasteiger partial charge on any atom is -0.351 e. The summed E-state index contributed by atoms with van der Waals surface area (Å²) in [4.78, 5) is 28.8. The molecule has 33 heavy (non-hydrogen) atoms. The number of aldehydes is 1. The highest BCUT2D eigenvalue weighted by atomic mass is 19.1. The molecule has 2 aromatic heterocycles. The third-order valence-corrected chi connectivity index (χ3v) is 5.95. The lowest BCUT2D eigenvalue weighted by atomic mass is 9.87. The Balaban J connectivity index is 0.000000235. The van der Waals surface area contributed by atoms with Crippen LogP contribution in [0.2, 0.25) is 0 Å². The van der Waals surface area contributed by atoms with Gasteiger partial charge in [-0.2, -0.15) is 5.10 Å². The number of carbonyl (C=O) groups excluding carboxylic acids is 2. The van der Waals surface area contributed by atoms with E-state index >= 15 is 0 Å². The summed E-state index contributed by atoms with van der Waals surface area (Å²) in [5.74, 6) is -0.162. The first-order valence-electron chi connectivity index (χ1n) is 11.0. The second kappa shape index (κ2) is 9.02. The van der Waals surface area contributed by atoms with Gasteiger partial charge in [0.15, 0.2) is 11.9 Å². The van der Waals surface area contributed by atoms with Crippen LogP contribution >= 0.6 is 0 Å². The summed E-state index contributed by atoms with van der Waals surface area (Å²) in [6.07, 6.45) is 2.31. The number of nitrogens with one attached hydrogen (secondary N) is 1. The number of benzene rings is 1. The number of imidazole rings is 1. The quantitative estimate of drug-likeness (QED) is 0.596. The SMILES string of the molecule is CC(C)(C)c1cc(-c2ccc(F)cc2)nn2cc(C=O)nc12.CC1CN(C)C(C)(C)C(=O)N1. The molecule has 0 radical (unpaired) electrons. The van der Waals surface area contributed by atoms with Crippen molar-refractivity contribution in [2.45, 2.75) is 58.5 Å². The predicted octanol–water partition coefficient (Wildman–Crippen LogP) is 3.86. The summed E-state index contributed by atoms with van der Waals surface area (Å²) in [6, 6.07) is 8.41. The molecule has 1 saturated heterocycles. The van der Waals surface area contributed by atoms with E-state index in [4.69, 9.17) is 0 Å². The van der Waals surface area contributed by atoms with Gasteiger partial charge in [-0.25, -0.2) is 13.9 Å². The minimum atomic E-state index is -0.341. The van der Waals surface area contributed by atoms with Crippen LogP contribution in [0.25, 0.3) is 16.9 Å². The van der Waals surface area contributed by atoms with E-state index in [0.29, 0.717) is 23.3 Å². The van der Waals surface area contributed by atoms with Crippen LogP contribution in [0, 0.1) is 5.82 Å². The molecule has 176 valence electrons. The van der Waals surface area contributed by atoms with Crippen LogP contribution in [0.3, 0.4) is 0 Å². The normalized spacial score (nSPS) is 18.4. The fraction of sp³-hybridized carbons (Fsp3) is 0.440. The zero-order valence-corrected chi connectivity index (χ0v) is 20.3. The first-order chi connectivity index (χ1) is 15.3. The van der Waals surface area contributed by atoms with Crippen molar-refractivity contribution in [3.63, 3.8) is 0 Å². The van der Waals surface area contributed by atoms with Gasteiger partial charge in [0, 0.05) is 23.7 Å². The van der Waals surface area contributed by atoms with E-state index in [2.05, 4.69) is 41.1 Å². The number of hydrogen-bond acceptors (Lipinski definition) is 5. The van der Waals surface area contributed by atoms with Crippen molar-refractivity contribution in [2.24, 2.45) is 0 Å². The Bertz CT molecular complexity index is 1160. The average molecular weight is 454 g/mol. The number of hydrogen-bond donors (Lipinski definition) is 1. The van der Waals surface area contributed by atoms with E-state index in [1.165, 1.54) is 12.1 Å². The fourth-order valence-electron chi connectivity index (χ4n) is 3.62. The Morgan fingerprint density at radius 2 is 1.85 bits per heavy atom. The number of carbonyl (C=O) groups is 2. The second-order valence-electron chi connectivity index (χ2n) is 10.1. The lowest BCUT2D eigenvalue weighted by Crippen LogP contribution is -2.63. The molecule has 0 spiro atoms. The number of likely N-dealkylation sites (N-methyl/N-ethyl adjacent to an activating group) is 1. The van der Waals surface area contributed by atoms with Crippen molar-refractivity contribution >= 4 is 17.8 Å². The van der Waals surface area contributed by atoms with Gasteiger partial charge in [0.1, 0.15) is 11.5 Å². The maximum Gasteiger partial charge on any atom is 0.240 e. The van der Waals surface area contributed by atoms with Crippen molar-refractivity contribution in [1.82, 2.24) is 24.8 Å². The van der Waals surface area contributed by atoms with Gasteiger partial charge in [0.05, 0.1) is 17.4 Å². The average Bonchev–Trinajstić information content (AvgIpc) is 3.15. The topological polar surface area (TPSA) is 79.6 Å². The van der Waals surface area contributed by atoms with Crippen LogP contribution in [-0.4, -0.2) is 56.9 Å². The lowest BCUT2D eigenvalue weighted by Gasteiger charge is -2.41. The van der Waals surface area contributed by atoms with Crippen molar-refractivity contribution in [2.75, 3.05) is 13.6 Å². The van der Waals surface area contributed by atoms with Crippen molar-refractivity contribution < 1.29 is 14.0 Å². The van der Waals surface area contributed by atoms with Crippen LogP contribution in [-0.2, 0) is 10.2 Å². The molecule has 1 amide bonds. The highest BCUT2D eigenvalue weighted by Crippen LogP contribution is 2.29. The van der Waals surface area contributed by atoms with Gasteiger partial charge in [-0.05, 0) is 63.6 Å². The third kappa shape index (κ3) is 5.27. The third-order valence-electron chi connectivity index (χ3n) is 5.95. The van der Waals surface area contributed by atoms with Crippen molar-refractivity contribution in [1.29, 1.82) is 0 Å². The number of aromatic nitrogens is 3. The Kier molecular flexibility index (Phi) is 6.70. The molecule has 7 nitrogen and oxygen atoms in total. The standard InChI is InChI=1S/C17H16FN3O.C8H16N2O/c1-17(2,3)14-8-15(11-4-6-12(18)7-5-11)20-21-9-13(10-22)19-16(14)21;1-6-5-10(4)8(2,3)7(11)9-6/h4-10H,1-3H3;6H,5H2,1-4H3,(H,9,11). The smallest absolute Gasteiger partial charge is 0.240 e. The number of fused-ring (bicyclic) bond motifs is 1. The Morgan fingerprint density at radius 3 is 2.39 bits per heavy atom. The Hall–Kier alpha value is -3.13. The molecular weight excluding hydrogens is 421 g/mol. The lowest BCUT2D eigenvalue weighted by molar-refractivity contribution is -0.135. The molecule has 1 aromatic carbocycles. The second-order valence-corrected chi connectivity index (χ2v) is 10.1. The molecule has 0 aliphatic carbocycles. The summed E-state index contributed by atoms with van der Waals surface area (Å²) in [5.41, 5.74) is 3.02. The monoisotopic (exact) mass is 453 g/mol. The van der Waals surface area contributed by atoms with E-state index in [1.54, 1.807) is 22.8 Å². The zero-order chi connectivity index (χ0) is 24.6. The van der Waals surface area contributed by atoms with Gasteiger partial charge < -0.3 is 5.32 Å². The van der Waals surface area contributed by atoms with Gasteiger partial charge in [-0.3, -0.25) is 14.5 Å². The van der Waals surface area contributed by atoms with Gasteiger partial charge in [-0.15, -0.1) is 0 Å². The summed E-state index contributed by atoms with van der Waals surface area (Å²) in [7, 11) is 1.98. The molecule has 1 atom stereocenters. The van der Waals surface area contributed by atoms with Gasteiger partial charge in [0.2, 0.25) is 5.91 Å². The molecule has 1 fully saturated rings. The van der Waals surface area contributed by atoms with Gasteiger partial charge >= 0.3 is 0 Å². The molecule has 1 N–H and O–H groups in total. The van der Waals surface area contributed by atoms with Crippen LogP contribution in [0.1, 0.15) is 57.6 Å². The number of amides is 1. The minimum absolute atomic E-state index is 0.124. The first kappa shape index (κ1) is 24.5.